The first kappa shape index (κ1) is 21.9. The van der Waals surface area contributed by atoms with Crippen molar-refractivity contribution in [1.29, 1.82) is 0 Å². The second-order valence-electron chi connectivity index (χ2n) is 7.66. The molecule has 0 bridgehead atoms. The zero-order chi connectivity index (χ0) is 21.8. The lowest BCUT2D eigenvalue weighted by Gasteiger charge is -2.36. The number of allylic oxidation sites excluding steroid dienone is 1. The first-order valence-corrected chi connectivity index (χ1v) is 9.85. The van der Waals surface area contributed by atoms with Gasteiger partial charge in [-0.25, -0.2) is 9.78 Å². The molecule has 0 saturated carbocycles. The molecule has 0 radical (unpaired) electrons. The van der Waals surface area contributed by atoms with Crippen molar-refractivity contribution in [2.45, 2.75) is 59.0 Å². The van der Waals surface area contributed by atoms with Gasteiger partial charge < -0.3 is 18.6 Å². The number of oxazole rings is 1. The summed E-state index contributed by atoms with van der Waals surface area (Å²) < 4.78 is 22.6. The number of ether oxygens (including phenoxy) is 3. The molecule has 7 nitrogen and oxygen atoms in total. The summed E-state index contributed by atoms with van der Waals surface area (Å²) in [5.74, 6) is -0.169. The molecule has 2 aromatic rings. The maximum atomic E-state index is 11.6. The van der Waals surface area contributed by atoms with Crippen LogP contribution in [0, 0.1) is 20.8 Å². The van der Waals surface area contributed by atoms with E-state index in [1.54, 1.807) is 6.92 Å². The molecular formula is C23H27NO6. The highest BCUT2D eigenvalue weighted by atomic mass is 16.7. The van der Waals surface area contributed by atoms with Crippen LogP contribution in [0.2, 0.25) is 0 Å². The number of methoxy groups -OCH3 is 1. The zero-order valence-electron chi connectivity index (χ0n) is 17.9. The Morgan fingerprint density at radius 3 is 2.57 bits per heavy atom. The number of carbonyl (C=O) groups excluding carboxylic acids is 2. The molecule has 0 N–H and O–H groups in total. The Labute approximate surface area is 176 Å². The maximum absolute atomic E-state index is 11.6. The molecule has 1 aliphatic heterocycles. The van der Waals surface area contributed by atoms with Crippen molar-refractivity contribution in [3.05, 3.63) is 63.9 Å². The molecule has 0 amide bonds. The minimum Gasteiger partial charge on any atom is -0.464 e. The smallest absolute Gasteiger partial charge is 0.360 e. The number of esters is 1. The summed E-state index contributed by atoms with van der Waals surface area (Å²) in [7, 11) is 1.29. The molecule has 1 aromatic carbocycles. The van der Waals surface area contributed by atoms with E-state index in [0.29, 0.717) is 24.3 Å². The summed E-state index contributed by atoms with van der Waals surface area (Å²) in [4.78, 5) is 26.9. The largest absolute Gasteiger partial charge is 0.464 e. The minimum absolute atomic E-state index is 0.120. The van der Waals surface area contributed by atoms with Crippen LogP contribution in [0.25, 0.3) is 0 Å². The lowest BCUT2D eigenvalue weighted by atomic mass is 9.97. The summed E-state index contributed by atoms with van der Waals surface area (Å²) in [6, 6.07) is 4.19. The highest BCUT2D eigenvalue weighted by molar-refractivity contribution is 5.86. The van der Waals surface area contributed by atoms with E-state index < -0.39 is 12.3 Å². The normalized spacial score (nSPS) is 22.0. The fourth-order valence-electron chi connectivity index (χ4n) is 3.80. The van der Waals surface area contributed by atoms with E-state index in [-0.39, 0.29) is 17.9 Å². The number of hydrogen-bond donors (Lipinski definition) is 0. The van der Waals surface area contributed by atoms with Crippen molar-refractivity contribution in [2.24, 2.45) is 0 Å². The highest BCUT2D eigenvalue weighted by Gasteiger charge is 2.33. The van der Waals surface area contributed by atoms with Gasteiger partial charge in [0.25, 0.3) is 0 Å². The molecule has 1 unspecified atom stereocenters. The SMILES string of the molecule is COC(=O)c1coc(C[C@H]2C[C@@H](/C=C(\C)C=O)OC(c3c(C)cc(C)cc3C)O2)n1. The Bertz CT molecular complexity index is 937. The Morgan fingerprint density at radius 1 is 1.23 bits per heavy atom. The van der Waals surface area contributed by atoms with Gasteiger partial charge in [-0.2, -0.15) is 0 Å². The molecule has 7 heteroatoms. The second-order valence-corrected chi connectivity index (χ2v) is 7.66. The van der Waals surface area contributed by atoms with Gasteiger partial charge in [0.1, 0.15) is 12.5 Å². The van der Waals surface area contributed by atoms with Gasteiger partial charge in [-0.3, -0.25) is 4.79 Å². The molecule has 0 aliphatic carbocycles. The van der Waals surface area contributed by atoms with Crippen molar-refractivity contribution >= 4 is 12.3 Å². The van der Waals surface area contributed by atoms with Crippen LogP contribution in [0.4, 0.5) is 0 Å². The van der Waals surface area contributed by atoms with E-state index in [2.05, 4.69) is 28.8 Å². The Hall–Kier alpha value is -2.77. The number of rotatable bonds is 6. The van der Waals surface area contributed by atoms with Crippen molar-refractivity contribution in [1.82, 2.24) is 4.98 Å². The van der Waals surface area contributed by atoms with E-state index in [0.717, 1.165) is 23.0 Å². The van der Waals surface area contributed by atoms with Crippen molar-refractivity contribution in [3.63, 3.8) is 0 Å². The molecule has 2 heterocycles. The summed E-state index contributed by atoms with van der Waals surface area (Å²) >= 11 is 0. The van der Waals surface area contributed by atoms with Crippen molar-refractivity contribution < 1.29 is 28.2 Å². The summed E-state index contributed by atoms with van der Waals surface area (Å²) in [6.07, 6.45) is 3.64. The fraction of sp³-hybridized carbons (Fsp3) is 0.435. The number of benzene rings is 1. The first-order valence-electron chi connectivity index (χ1n) is 9.85. The lowest BCUT2D eigenvalue weighted by Crippen LogP contribution is -2.35. The first-order chi connectivity index (χ1) is 14.3. The molecule has 3 atom stereocenters. The van der Waals surface area contributed by atoms with Crippen LogP contribution in [0.1, 0.15) is 58.3 Å². The van der Waals surface area contributed by atoms with Crippen molar-refractivity contribution in [2.75, 3.05) is 7.11 Å². The predicted octanol–water partition coefficient (Wildman–Crippen LogP) is 3.95. The van der Waals surface area contributed by atoms with Gasteiger partial charge in [0.2, 0.25) is 0 Å². The predicted molar refractivity (Wildman–Crippen MR) is 109 cm³/mol. The zero-order valence-corrected chi connectivity index (χ0v) is 17.9. The average molecular weight is 413 g/mol. The number of aryl methyl sites for hydroxylation is 3. The third-order valence-electron chi connectivity index (χ3n) is 5.07. The van der Waals surface area contributed by atoms with E-state index in [1.807, 2.05) is 19.9 Å². The Morgan fingerprint density at radius 2 is 1.93 bits per heavy atom. The molecule has 160 valence electrons. The maximum Gasteiger partial charge on any atom is 0.360 e. The number of nitrogens with zero attached hydrogens (tertiary/aromatic N) is 1. The van der Waals surface area contributed by atoms with Gasteiger partial charge >= 0.3 is 5.97 Å². The molecule has 1 aromatic heterocycles. The van der Waals surface area contributed by atoms with Crippen LogP contribution in [-0.4, -0.2) is 36.6 Å². The fourth-order valence-corrected chi connectivity index (χ4v) is 3.80. The quantitative estimate of drug-likeness (QED) is 0.402. The topological polar surface area (TPSA) is 87.9 Å². The van der Waals surface area contributed by atoms with E-state index >= 15 is 0 Å². The van der Waals surface area contributed by atoms with Gasteiger partial charge in [-0.15, -0.1) is 0 Å². The molecule has 30 heavy (non-hydrogen) atoms. The van der Waals surface area contributed by atoms with E-state index in [9.17, 15) is 9.59 Å². The highest BCUT2D eigenvalue weighted by Crippen LogP contribution is 2.35. The molecule has 1 fully saturated rings. The number of hydrogen-bond acceptors (Lipinski definition) is 7. The molecule has 1 aliphatic rings. The Balaban J connectivity index is 1.87. The molecule has 0 spiro atoms. The van der Waals surface area contributed by atoms with Gasteiger partial charge in [0, 0.05) is 12.0 Å². The summed E-state index contributed by atoms with van der Waals surface area (Å²) in [5.41, 5.74) is 5.03. The number of aromatic nitrogens is 1. The molecular weight excluding hydrogens is 386 g/mol. The summed E-state index contributed by atoms with van der Waals surface area (Å²) in [5, 5.41) is 0. The van der Waals surface area contributed by atoms with Crippen LogP contribution in [0.15, 0.2) is 34.5 Å². The standard InChI is InChI=1S/C23H27NO6/c1-13-6-15(3)21(16(4)7-13)23-29-17(8-14(2)11-25)9-18(30-23)10-20-24-19(12-28-20)22(26)27-5/h6-8,11-12,17-18,23H,9-10H2,1-5H3/b14-8+/t17-,18-,23?/m1/s1. The van der Waals surface area contributed by atoms with Crippen LogP contribution in [0.3, 0.4) is 0 Å². The minimum atomic E-state index is -0.583. The molecule has 3 rings (SSSR count). The van der Waals surface area contributed by atoms with Crippen molar-refractivity contribution in [3.8, 4) is 0 Å². The van der Waals surface area contributed by atoms with Crippen LogP contribution < -0.4 is 0 Å². The van der Waals surface area contributed by atoms with E-state index in [4.69, 9.17) is 13.9 Å². The number of carbonyl (C=O) groups is 2. The average Bonchev–Trinajstić information content (AvgIpc) is 3.14. The summed E-state index contributed by atoms with van der Waals surface area (Å²) in [6.45, 7) is 7.86. The van der Waals surface area contributed by atoms with E-state index in [1.165, 1.54) is 18.9 Å². The third-order valence-corrected chi connectivity index (χ3v) is 5.07. The van der Waals surface area contributed by atoms with Gasteiger partial charge in [-0.05, 0) is 50.5 Å². The van der Waals surface area contributed by atoms with Crippen LogP contribution >= 0.6 is 0 Å². The van der Waals surface area contributed by atoms with Gasteiger partial charge in [0.15, 0.2) is 17.9 Å². The monoisotopic (exact) mass is 413 g/mol. The third kappa shape index (κ3) is 5.04. The molecule has 1 saturated heterocycles. The second kappa shape index (κ2) is 9.36. The Kier molecular flexibility index (Phi) is 6.84. The van der Waals surface area contributed by atoms with Gasteiger partial charge in [-0.1, -0.05) is 17.7 Å². The number of aldehydes is 1. The van der Waals surface area contributed by atoms with Gasteiger partial charge in [0.05, 0.1) is 25.7 Å². The van der Waals surface area contributed by atoms with Crippen LogP contribution in [0.5, 0.6) is 0 Å². The lowest BCUT2D eigenvalue weighted by molar-refractivity contribution is -0.237. The van der Waals surface area contributed by atoms with Crippen LogP contribution in [-0.2, 0) is 25.4 Å².